The Hall–Kier alpha value is -2.95. The number of benzene rings is 2. The molecule has 24 heavy (non-hydrogen) atoms. The van der Waals surface area contributed by atoms with Crippen LogP contribution in [-0.2, 0) is 4.79 Å². The quantitative estimate of drug-likeness (QED) is 0.486. The summed E-state index contributed by atoms with van der Waals surface area (Å²) in [5, 5.41) is 0. The van der Waals surface area contributed by atoms with Gasteiger partial charge in [-0.05, 0) is 35.9 Å². The molecule has 2 aromatic rings. The van der Waals surface area contributed by atoms with Gasteiger partial charge in [0, 0.05) is 6.07 Å². The molecule has 0 aromatic heterocycles. The summed E-state index contributed by atoms with van der Waals surface area (Å²) < 4.78 is 23.7. The molecule has 0 saturated carbocycles. The minimum Gasteiger partial charge on any atom is -0.452 e. The fraction of sp³-hybridized carbons (Fsp3) is 0.158. The number of carbonyl (C=O) groups is 2. The summed E-state index contributed by atoms with van der Waals surface area (Å²) in [5.41, 5.74) is 1.05. The molecule has 1 aliphatic rings. The number of hydrogen-bond acceptors (Lipinski definition) is 4. The first kappa shape index (κ1) is 15.9. The summed E-state index contributed by atoms with van der Waals surface area (Å²) in [6.07, 6.45) is 1.54. The predicted molar refractivity (Wildman–Crippen MR) is 86.3 cm³/mol. The van der Waals surface area contributed by atoms with Gasteiger partial charge in [0.25, 0.3) is 0 Å². The molecule has 1 heterocycles. The number of carbonyl (C=O) groups excluding carboxylic acids is 2. The minimum absolute atomic E-state index is 0.143. The van der Waals surface area contributed by atoms with Gasteiger partial charge in [-0.2, -0.15) is 0 Å². The van der Waals surface area contributed by atoms with Gasteiger partial charge in [-0.25, -0.2) is 4.39 Å². The summed E-state index contributed by atoms with van der Waals surface area (Å²) in [6.45, 7) is 3.47. The second kappa shape index (κ2) is 6.28. The van der Waals surface area contributed by atoms with Crippen molar-refractivity contribution in [2.75, 3.05) is 0 Å². The Bertz CT molecular complexity index is 835. The van der Waals surface area contributed by atoms with E-state index >= 15 is 0 Å². The van der Waals surface area contributed by atoms with E-state index in [0.29, 0.717) is 22.6 Å². The second-order valence-corrected chi connectivity index (χ2v) is 5.73. The van der Waals surface area contributed by atoms with Crippen LogP contribution in [-0.4, -0.2) is 11.8 Å². The predicted octanol–water partition coefficient (Wildman–Crippen LogP) is 4.00. The van der Waals surface area contributed by atoms with Gasteiger partial charge < -0.3 is 9.47 Å². The molecule has 0 N–H and O–H groups in total. The monoisotopic (exact) mass is 326 g/mol. The zero-order valence-corrected chi connectivity index (χ0v) is 13.2. The van der Waals surface area contributed by atoms with Crippen LogP contribution in [0.15, 0.2) is 48.2 Å². The Kier molecular flexibility index (Phi) is 4.16. The third kappa shape index (κ3) is 3.20. The van der Waals surface area contributed by atoms with E-state index in [1.807, 2.05) is 0 Å². The van der Waals surface area contributed by atoms with Crippen molar-refractivity contribution in [3.63, 3.8) is 0 Å². The number of rotatable bonds is 3. The fourth-order valence-corrected chi connectivity index (χ4v) is 2.18. The van der Waals surface area contributed by atoms with Gasteiger partial charge in [-0.3, -0.25) is 9.59 Å². The Labute approximate surface area is 138 Å². The molecule has 0 fully saturated rings. The van der Waals surface area contributed by atoms with Gasteiger partial charge in [0.05, 0.1) is 11.5 Å². The highest BCUT2D eigenvalue weighted by atomic mass is 19.1. The number of Topliss-reactive ketones (excluding diaryl/α,β-unsaturated/α-hetero) is 1. The van der Waals surface area contributed by atoms with Gasteiger partial charge in [0.1, 0.15) is 17.3 Å². The van der Waals surface area contributed by atoms with E-state index in [1.165, 1.54) is 18.2 Å². The number of ether oxygens (including phenoxy) is 2. The maximum atomic E-state index is 12.9. The smallest absolute Gasteiger partial charge is 0.313 e. The van der Waals surface area contributed by atoms with Crippen LogP contribution >= 0.6 is 0 Å². The average Bonchev–Trinajstić information content (AvgIpc) is 2.85. The van der Waals surface area contributed by atoms with Gasteiger partial charge >= 0.3 is 5.97 Å². The molecule has 0 amide bonds. The maximum Gasteiger partial charge on any atom is 0.313 e. The van der Waals surface area contributed by atoms with Crippen LogP contribution in [0.25, 0.3) is 6.08 Å². The van der Waals surface area contributed by atoms with Crippen molar-refractivity contribution < 1.29 is 23.5 Å². The third-order valence-electron chi connectivity index (χ3n) is 3.50. The van der Waals surface area contributed by atoms with Crippen LogP contribution in [0.1, 0.15) is 29.8 Å². The van der Waals surface area contributed by atoms with Crippen LogP contribution in [0, 0.1) is 11.7 Å². The molecule has 2 aromatic carbocycles. The van der Waals surface area contributed by atoms with E-state index in [4.69, 9.17) is 9.47 Å². The zero-order chi connectivity index (χ0) is 17.3. The van der Waals surface area contributed by atoms with Gasteiger partial charge in [0.2, 0.25) is 5.78 Å². The van der Waals surface area contributed by atoms with E-state index in [-0.39, 0.29) is 29.2 Å². The van der Waals surface area contributed by atoms with Crippen LogP contribution in [0.2, 0.25) is 0 Å². The number of allylic oxidation sites excluding steroid dienone is 1. The van der Waals surface area contributed by atoms with Gasteiger partial charge in [-0.15, -0.1) is 0 Å². The number of ketones is 1. The van der Waals surface area contributed by atoms with E-state index in [9.17, 15) is 14.0 Å². The minimum atomic E-state index is -0.360. The summed E-state index contributed by atoms with van der Waals surface area (Å²) in [4.78, 5) is 24.0. The van der Waals surface area contributed by atoms with Gasteiger partial charge in [-0.1, -0.05) is 26.0 Å². The Balaban J connectivity index is 1.84. The first-order valence-corrected chi connectivity index (χ1v) is 7.49. The fourth-order valence-electron chi connectivity index (χ4n) is 2.18. The summed E-state index contributed by atoms with van der Waals surface area (Å²) in [5.74, 6) is -0.433. The first-order chi connectivity index (χ1) is 11.4. The highest BCUT2D eigenvalue weighted by molar-refractivity contribution is 6.14. The molecule has 5 heteroatoms. The highest BCUT2D eigenvalue weighted by Gasteiger charge is 2.28. The molecule has 0 radical (unpaired) electrons. The summed E-state index contributed by atoms with van der Waals surface area (Å²) >= 11 is 0. The molecule has 0 atom stereocenters. The molecule has 0 aliphatic carbocycles. The molecule has 122 valence electrons. The average molecular weight is 326 g/mol. The van der Waals surface area contributed by atoms with Crippen LogP contribution < -0.4 is 9.47 Å². The van der Waals surface area contributed by atoms with Crippen molar-refractivity contribution in [2.45, 2.75) is 13.8 Å². The Morgan fingerprint density at radius 2 is 1.88 bits per heavy atom. The zero-order valence-electron chi connectivity index (χ0n) is 13.2. The lowest BCUT2D eigenvalue weighted by atomic mass is 10.1. The molecule has 3 rings (SSSR count). The number of halogens is 1. The van der Waals surface area contributed by atoms with E-state index < -0.39 is 0 Å². The topological polar surface area (TPSA) is 52.6 Å². The Morgan fingerprint density at radius 3 is 2.54 bits per heavy atom. The van der Waals surface area contributed by atoms with E-state index in [1.54, 1.807) is 44.2 Å². The SMILES string of the molecule is CC(C)C(=O)Oc1ccc2c(c1)O/C(=C\c1ccc(F)cc1)C2=O. The standard InChI is InChI=1S/C19H15FO4/c1-11(2)19(22)23-14-7-8-15-16(10-14)24-17(18(15)21)9-12-3-5-13(20)6-4-12/h3-11H,1-2H3/b17-9-. The van der Waals surface area contributed by atoms with Crippen molar-refractivity contribution >= 4 is 17.8 Å². The second-order valence-electron chi connectivity index (χ2n) is 5.73. The molecule has 1 aliphatic heterocycles. The lowest BCUT2D eigenvalue weighted by Gasteiger charge is -2.07. The van der Waals surface area contributed by atoms with Crippen LogP contribution in [0.4, 0.5) is 4.39 Å². The van der Waals surface area contributed by atoms with E-state index in [0.717, 1.165) is 0 Å². The maximum absolute atomic E-state index is 12.9. The number of hydrogen-bond donors (Lipinski definition) is 0. The third-order valence-corrected chi connectivity index (χ3v) is 3.50. The Morgan fingerprint density at radius 1 is 1.17 bits per heavy atom. The largest absolute Gasteiger partial charge is 0.452 e. The molecule has 4 nitrogen and oxygen atoms in total. The molecule has 0 spiro atoms. The number of fused-ring (bicyclic) bond motifs is 1. The van der Waals surface area contributed by atoms with Crippen LogP contribution in [0.5, 0.6) is 11.5 Å². The molecule has 0 saturated heterocycles. The molecule has 0 unspecified atom stereocenters. The van der Waals surface area contributed by atoms with Gasteiger partial charge in [0.15, 0.2) is 5.76 Å². The summed E-state index contributed by atoms with van der Waals surface area (Å²) in [7, 11) is 0. The molecular weight excluding hydrogens is 311 g/mol. The van der Waals surface area contributed by atoms with Crippen molar-refractivity contribution in [3.05, 3.63) is 65.2 Å². The van der Waals surface area contributed by atoms with Crippen molar-refractivity contribution in [2.24, 2.45) is 5.92 Å². The molecular formula is C19H15FO4. The lowest BCUT2D eigenvalue weighted by Crippen LogP contribution is -2.14. The van der Waals surface area contributed by atoms with Crippen molar-refractivity contribution in [3.8, 4) is 11.5 Å². The van der Waals surface area contributed by atoms with E-state index in [2.05, 4.69) is 0 Å². The lowest BCUT2D eigenvalue weighted by molar-refractivity contribution is -0.137. The van der Waals surface area contributed by atoms with Crippen molar-refractivity contribution in [1.82, 2.24) is 0 Å². The highest BCUT2D eigenvalue weighted by Crippen LogP contribution is 2.35. The van der Waals surface area contributed by atoms with Crippen molar-refractivity contribution in [1.29, 1.82) is 0 Å². The normalized spacial score (nSPS) is 14.7. The molecule has 0 bridgehead atoms. The first-order valence-electron chi connectivity index (χ1n) is 7.49. The summed E-state index contributed by atoms with van der Waals surface area (Å²) in [6, 6.07) is 10.4. The van der Waals surface area contributed by atoms with Crippen LogP contribution in [0.3, 0.4) is 0 Å². The number of esters is 1.